The molecule has 1 amide bonds. The Bertz CT molecular complexity index is 808. The summed E-state index contributed by atoms with van der Waals surface area (Å²) < 4.78 is 7.48. The Kier molecular flexibility index (Phi) is 4.87. The second-order valence-electron chi connectivity index (χ2n) is 7.02. The summed E-state index contributed by atoms with van der Waals surface area (Å²) in [6, 6.07) is 7.15. The van der Waals surface area contributed by atoms with Gasteiger partial charge in [-0.2, -0.15) is 0 Å². The van der Waals surface area contributed by atoms with E-state index in [1.165, 1.54) is 0 Å². The van der Waals surface area contributed by atoms with Crippen LogP contribution in [0.25, 0.3) is 5.69 Å². The van der Waals surface area contributed by atoms with Crippen LogP contribution in [-0.4, -0.2) is 87.0 Å². The van der Waals surface area contributed by atoms with Crippen molar-refractivity contribution in [1.29, 1.82) is 0 Å². The van der Waals surface area contributed by atoms with Gasteiger partial charge in [-0.15, -0.1) is 10.2 Å². The van der Waals surface area contributed by atoms with Crippen LogP contribution < -0.4 is 0 Å². The predicted octanol–water partition coefficient (Wildman–Crippen LogP) is 0.125. The van der Waals surface area contributed by atoms with Gasteiger partial charge in [0.15, 0.2) is 0 Å². The lowest BCUT2D eigenvalue weighted by atomic mass is 10.1. The van der Waals surface area contributed by atoms with Crippen molar-refractivity contribution in [3.05, 3.63) is 42.5 Å². The Labute approximate surface area is 156 Å². The molecule has 9 heteroatoms. The average molecular weight is 371 g/mol. The third-order valence-corrected chi connectivity index (χ3v) is 5.00. The monoisotopic (exact) mass is 371 g/mol. The van der Waals surface area contributed by atoms with E-state index < -0.39 is 5.97 Å². The van der Waals surface area contributed by atoms with Gasteiger partial charge in [-0.1, -0.05) is 0 Å². The van der Waals surface area contributed by atoms with Crippen LogP contribution in [0.4, 0.5) is 0 Å². The van der Waals surface area contributed by atoms with E-state index in [-0.39, 0.29) is 24.4 Å². The van der Waals surface area contributed by atoms with Crippen molar-refractivity contribution in [3.63, 3.8) is 0 Å². The Morgan fingerprint density at radius 1 is 1.07 bits per heavy atom. The Balaban J connectivity index is 1.53. The molecule has 2 aliphatic rings. The number of hydrogen-bond donors (Lipinski definition) is 1. The molecule has 3 heterocycles. The maximum Gasteiger partial charge on any atom is 0.317 e. The average Bonchev–Trinajstić information content (AvgIpc) is 3.03. The van der Waals surface area contributed by atoms with Crippen molar-refractivity contribution in [2.75, 3.05) is 39.4 Å². The minimum Gasteiger partial charge on any atom is -0.480 e. The van der Waals surface area contributed by atoms with Gasteiger partial charge in [-0.25, -0.2) is 0 Å². The van der Waals surface area contributed by atoms with Crippen LogP contribution in [0.2, 0.25) is 0 Å². The van der Waals surface area contributed by atoms with Gasteiger partial charge in [0.1, 0.15) is 12.7 Å². The van der Waals surface area contributed by atoms with Crippen molar-refractivity contribution >= 4 is 11.9 Å². The second-order valence-corrected chi connectivity index (χ2v) is 7.02. The van der Waals surface area contributed by atoms with E-state index in [0.717, 1.165) is 5.69 Å². The van der Waals surface area contributed by atoms with Crippen molar-refractivity contribution in [3.8, 4) is 5.69 Å². The standard InChI is InChI=1S/C18H21N5O4/c24-17(25)8-21-5-13-6-23(16(7-21)10-27-9-13)18(26)14-1-3-15(4-2-14)22-11-19-20-12-22/h1-4,11-13,16H,5-10H2,(H,24,25)/t13-,16-/m0/s1. The molecule has 2 bridgehead atoms. The first-order chi connectivity index (χ1) is 13.1. The molecule has 0 radical (unpaired) electrons. The third kappa shape index (κ3) is 3.83. The van der Waals surface area contributed by atoms with E-state index in [0.29, 0.717) is 38.4 Å². The van der Waals surface area contributed by atoms with Gasteiger partial charge in [-0.05, 0) is 24.3 Å². The van der Waals surface area contributed by atoms with E-state index in [9.17, 15) is 9.59 Å². The lowest BCUT2D eigenvalue weighted by Crippen LogP contribution is -2.47. The third-order valence-electron chi connectivity index (χ3n) is 5.00. The van der Waals surface area contributed by atoms with Crippen molar-refractivity contribution in [2.45, 2.75) is 6.04 Å². The molecule has 2 aliphatic heterocycles. The smallest absolute Gasteiger partial charge is 0.317 e. The number of rotatable bonds is 4. The summed E-state index contributed by atoms with van der Waals surface area (Å²) in [7, 11) is 0. The van der Waals surface area contributed by atoms with Crippen molar-refractivity contribution in [1.82, 2.24) is 24.6 Å². The second kappa shape index (κ2) is 7.45. The van der Waals surface area contributed by atoms with Gasteiger partial charge in [0.2, 0.25) is 0 Å². The largest absolute Gasteiger partial charge is 0.480 e. The highest BCUT2D eigenvalue weighted by Gasteiger charge is 2.36. The topological polar surface area (TPSA) is 101 Å². The molecule has 0 unspecified atom stereocenters. The number of aliphatic carboxylic acids is 1. The molecular weight excluding hydrogens is 350 g/mol. The highest BCUT2D eigenvalue weighted by atomic mass is 16.5. The first-order valence-corrected chi connectivity index (χ1v) is 8.88. The van der Waals surface area contributed by atoms with E-state index in [2.05, 4.69) is 10.2 Å². The molecule has 2 fully saturated rings. The van der Waals surface area contributed by atoms with Gasteiger partial charge < -0.3 is 14.7 Å². The van der Waals surface area contributed by atoms with Gasteiger partial charge in [0.05, 0.1) is 25.8 Å². The van der Waals surface area contributed by atoms with Crippen LogP contribution in [0, 0.1) is 5.92 Å². The number of carbonyl (C=O) groups is 2. The maximum absolute atomic E-state index is 13.1. The molecule has 0 spiro atoms. The molecule has 2 saturated heterocycles. The number of nitrogens with zero attached hydrogens (tertiary/aromatic N) is 5. The SMILES string of the molecule is O=C(O)CN1C[C@@H]2COC[C@H](C1)N(C(=O)c1ccc(-n3cnnc3)cc1)C2. The Hall–Kier alpha value is -2.78. The summed E-state index contributed by atoms with van der Waals surface area (Å²) in [4.78, 5) is 28.0. The number of hydrogen-bond acceptors (Lipinski definition) is 6. The predicted molar refractivity (Wildman–Crippen MR) is 94.6 cm³/mol. The van der Waals surface area contributed by atoms with Gasteiger partial charge in [0, 0.05) is 36.8 Å². The molecule has 2 aromatic rings. The first-order valence-electron chi connectivity index (χ1n) is 8.88. The van der Waals surface area contributed by atoms with Crippen molar-refractivity contribution in [2.24, 2.45) is 5.92 Å². The van der Waals surface area contributed by atoms with Crippen LogP contribution in [0.5, 0.6) is 0 Å². The van der Waals surface area contributed by atoms with E-state index in [1.807, 2.05) is 21.9 Å². The first kappa shape index (κ1) is 17.6. The summed E-state index contributed by atoms with van der Waals surface area (Å²) in [6.07, 6.45) is 3.20. The number of ether oxygens (including phenoxy) is 1. The van der Waals surface area contributed by atoms with Crippen molar-refractivity contribution < 1.29 is 19.4 Å². The summed E-state index contributed by atoms with van der Waals surface area (Å²) in [5.74, 6) is -0.793. The highest BCUT2D eigenvalue weighted by Crippen LogP contribution is 2.22. The molecule has 2 atom stereocenters. The molecule has 9 nitrogen and oxygen atoms in total. The van der Waals surface area contributed by atoms with Crippen LogP contribution >= 0.6 is 0 Å². The van der Waals surface area contributed by atoms with E-state index in [4.69, 9.17) is 9.84 Å². The number of carboxylic acid groups (broad SMARTS) is 1. The zero-order valence-corrected chi connectivity index (χ0v) is 14.8. The lowest BCUT2D eigenvalue weighted by Gasteiger charge is -2.30. The van der Waals surface area contributed by atoms with Gasteiger partial charge in [0.25, 0.3) is 5.91 Å². The minimum atomic E-state index is -0.849. The maximum atomic E-state index is 13.1. The highest BCUT2D eigenvalue weighted by molar-refractivity contribution is 5.94. The number of benzene rings is 1. The van der Waals surface area contributed by atoms with E-state index >= 15 is 0 Å². The molecule has 1 aromatic carbocycles. The van der Waals surface area contributed by atoms with Gasteiger partial charge in [-0.3, -0.25) is 19.1 Å². The number of aromatic nitrogens is 3. The van der Waals surface area contributed by atoms with Crippen LogP contribution in [0.15, 0.2) is 36.9 Å². The zero-order valence-electron chi connectivity index (χ0n) is 14.8. The quantitative estimate of drug-likeness (QED) is 0.815. The molecular formula is C18H21N5O4. The number of carbonyl (C=O) groups excluding carboxylic acids is 1. The van der Waals surface area contributed by atoms with Crippen LogP contribution in [0.1, 0.15) is 10.4 Å². The lowest BCUT2D eigenvalue weighted by molar-refractivity contribution is -0.138. The zero-order chi connectivity index (χ0) is 18.8. The van der Waals surface area contributed by atoms with Crippen LogP contribution in [-0.2, 0) is 9.53 Å². The van der Waals surface area contributed by atoms with Gasteiger partial charge >= 0.3 is 5.97 Å². The van der Waals surface area contributed by atoms with Crippen LogP contribution in [0.3, 0.4) is 0 Å². The summed E-state index contributed by atoms with van der Waals surface area (Å²) in [6.45, 7) is 2.67. The Morgan fingerprint density at radius 3 is 2.52 bits per heavy atom. The minimum absolute atomic E-state index is 0.0112. The molecule has 1 N–H and O–H groups in total. The summed E-state index contributed by atoms with van der Waals surface area (Å²) in [5.41, 5.74) is 1.48. The molecule has 1 aromatic heterocycles. The fourth-order valence-electron chi connectivity index (χ4n) is 3.79. The fourth-order valence-corrected chi connectivity index (χ4v) is 3.79. The summed E-state index contributed by atoms with van der Waals surface area (Å²) in [5, 5.41) is 16.7. The number of amides is 1. The molecule has 0 aliphatic carbocycles. The fraction of sp³-hybridized carbons (Fsp3) is 0.444. The summed E-state index contributed by atoms with van der Waals surface area (Å²) >= 11 is 0. The molecule has 27 heavy (non-hydrogen) atoms. The van der Waals surface area contributed by atoms with E-state index in [1.54, 1.807) is 29.4 Å². The number of fused-ring (bicyclic) bond motifs is 3. The normalized spacial score (nSPS) is 23.0. The molecule has 4 rings (SSSR count). The molecule has 142 valence electrons. The Morgan fingerprint density at radius 2 is 1.81 bits per heavy atom. The molecule has 0 saturated carbocycles. The number of carboxylic acids is 1.